The summed E-state index contributed by atoms with van der Waals surface area (Å²) < 4.78 is 0. The first-order valence-electron chi connectivity index (χ1n) is 1.35. The van der Waals surface area contributed by atoms with Crippen LogP contribution < -0.4 is 0 Å². The van der Waals surface area contributed by atoms with Gasteiger partial charge in [-0.05, 0) is 13.8 Å². The van der Waals surface area contributed by atoms with Gasteiger partial charge in [-0.1, -0.05) is 5.57 Å². The molecular weight excluding hydrogens is 87.1 g/mol. The Kier molecular flexibility index (Phi) is 10.3. The number of hydrogen-bond donors (Lipinski definition) is 0. The van der Waals surface area contributed by atoms with Crippen LogP contribution in [-0.4, -0.2) is 51.4 Å². The molecule has 0 spiro atoms. The first kappa shape index (κ1) is 9.62. The third kappa shape index (κ3) is 32.4. The number of rotatable bonds is 0. The molecule has 1 radical (unpaired) electrons. The molecule has 0 rings (SSSR count). The minimum Gasteiger partial charge on any atom is -0.100 e. The van der Waals surface area contributed by atoms with E-state index in [4.69, 9.17) is 0 Å². The Bertz CT molecular complexity index is 26.6. The molecule has 0 heterocycles. The Morgan fingerprint density at radius 2 is 1.40 bits per heavy atom. The third-order valence-electron chi connectivity index (χ3n) is 0. The Labute approximate surface area is 76.1 Å². The van der Waals surface area contributed by atoms with Crippen molar-refractivity contribution in [2.45, 2.75) is 13.8 Å². The van der Waals surface area contributed by atoms with E-state index in [9.17, 15) is 0 Å². The average molecular weight is 95.2 g/mol. The summed E-state index contributed by atoms with van der Waals surface area (Å²) in [6.45, 7) is 7.50. The molecule has 0 aliphatic carbocycles. The van der Waals surface area contributed by atoms with Crippen molar-refractivity contribution < 1.29 is 0 Å². The van der Waals surface area contributed by atoms with Gasteiger partial charge in [0.2, 0.25) is 0 Å². The van der Waals surface area contributed by atoms with Crippen LogP contribution in [0.5, 0.6) is 0 Å². The first-order valence-corrected chi connectivity index (χ1v) is 1.35. The second-order valence-electron chi connectivity index (χ2n) is 1.21. The minimum atomic E-state index is 0. The Morgan fingerprint density at radius 1 is 1.40 bits per heavy atom. The Balaban J connectivity index is 0. The standard InChI is InChI=1S/C4H8.K/c1-4(2)3;/h1H2,2-3H3;. The van der Waals surface area contributed by atoms with Crippen molar-refractivity contribution in [3.63, 3.8) is 0 Å². The van der Waals surface area contributed by atoms with E-state index < -0.39 is 0 Å². The predicted molar refractivity (Wildman–Crippen MR) is 26.2 cm³/mol. The molecule has 5 heavy (non-hydrogen) atoms. The molecule has 0 fully saturated rings. The molecule has 0 aromatic carbocycles. The monoisotopic (exact) mass is 95.0 g/mol. The predicted octanol–water partition coefficient (Wildman–Crippen LogP) is 1.20. The van der Waals surface area contributed by atoms with Crippen molar-refractivity contribution in [2.24, 2.45) is 0 Å². The summed E-state index contributed by atoms with van der Waals surface area (Å²) >= 11 is 0. The molecule has 0 atom stereocenters. The van der Waals surface area contributed by atoms with E-state index in [0.29, 0.717) is 0 Å². The van der Waals surface area contributed by atoms with Crippen molar-refractivity contribution in [3.05, 3.63) is 12.2 Å². The normalized spacial score (nSPS) is 5.20. The number of allylic oxidation sites excluding steroid dienone is 1. The maximum absolute atomic E-state index is 3.56. The van der Waals surface area contributed by atoms with Crippen LogP contribution in [0.1, 0.15) is 13.8 Å². The molecule has 0 saturated heterocycles. The van der Waals surface area contributed by atoms with E-state index in [1.807, 2.05) is 13.8 Å². The van der Waals surface area contributed by atoms with Gasteiger partial charge in [-0.3, -0.25) is 0 Å². The summed E-state index contributed by atoms with van der Waals surface area (Å²) in [5.41, 5.74) is 1.17. The van der Waals surface area contributed by atoms with Crippen LogP contribution >= 0.6 is 0 Å². The maximum Gasteiger partial charge on any atom is 0 e. The molecule has 0 amide bonds. The molecule has 0 unspecified atom stereocenters. The van der Waals surface area contributed by atoms with Gasteiger partial charge >= 0.3 is 0 Å². The largest absolute Gasteiger partial charge is 0.100 e. The van der Waals surface area contributed by atoms with Crippen molar-refractivity contribution in [1.82, 2.24) is 0 Å². The quantitative estimate of drug-likeness (QED) is 0.313. The molecule has 0 N–H and O–H groups in total. The van der Waals surface area contributed by atoms with E-state index >= 15 is 0 Å². The second-order valence-corrected chi connectivity index (χ2v) is 1.21. The number of hydrogen-bond acceptors (Lipinski definition) is 0. The summed E-state index contributed by atoms with van der Waals surface area (Å²) in [4.78, 5) is 0. The fraction of sp³-hybridized carbons (Fsp3) is 0.500. The van der Waals surface area contributed by atoms with Gasteiger partial charge in [-0.25, -0.2) is 0 Å². The fourth-order valence-electron chi connectivity index (χ4n) is 0. The van der Waals surface area contributed by atoms with Gasteiger partial charge in [0, 0.05) is 51.4 Å². The summed E-state index contributed by atoms with van der Waals surface area (Å²) in [7, 11) is 0. The van der Waals surface area contributed by atoms with Gasteiger partial charge in [-0.15, -0.1) is 6.58 Å². The van der Waals surface area contributed by atoms with E-state index in [1.54, 1.807) is 0 Å². The fourth-order valence-corrected chi connectivity index (χ4v) is 0. The van der Waals surface area contributed by atoms with E-state index in [2.05, 4.69) is 6.58 Å². The Hall–Kier alpha value is 1.38. The molecule has 0 saturated carbocycles. The van der Waals surface area contributed by atoms with Crippen LogP contribution in [0.15, 0.2) is 12.2 Å². The van der Waals surface area contributed by atoms with Crippen molar-refractivity contribution in [3.8, 4) is 0 Å². The van der Waals surface area contributed by atoms with Crippen LogP contribution in [0.25, 0.3) is 0 Å². The van der Waals surface area contributed by atoms with Crippen LogP contribution in [0.3, 0.4) is 0 Å². The maximum atomic E-state index is 3.56. The van der Waals surface area contributed by atoms with E-state index in [0.717, 1.165) is 0 Å². The third-order valence-corrected chi connectivity index (χ3v) is 0. The molecule has 25 valence electrons. The second kappa shape index (κ2) is 5.38. The van der Waals surface area contributed by atoms with Gasteiger partial charge in [0.05, 0.1) is 0 Å². The summed E-state index contributed by atoms with van der Waals surface area (Å²) in [5, 5.41) is 0. The molecular formula is C4H8K. The SMILES string of the molecule is C=C(C)C.[K]. The molecule has 0 bridgehead atoms. The molecule has 0 aromatic heterocycles. The summed E-state index contributed by atoms with van der Waals surface area (Å²) in [6.07, 6.45) is 0. The smallest absolute Gasteiger partial charge is 0 e. The molecule has 1 heteroatoms. The average Bonchev–Trinajstić information content (AvgIpc) is 0.811. The summed E-state index contributed by atoms with van der Waals surface area (Å²) in [6, 6.07) is 0. The van der Waals surface area contributed by atoms with E-state index in [-0.39, 0.29) is 51.4 Å². The van der Waals surface area contributed by atoms with Crippen LogP contribution in [0.2, 0.25) is 0 Å². The van der Waals surface area contributed by atoms with Crippen LogP contribution in [0, 0.1) is 0 Å². The minimum absolute atomic E-state index is 0. The zero-order valence-corrected chi connectivity index (χ0v) is 7.33. The molecule has 0 aliphatic heterocycles. The van der Waals surface area contributed by atoms with Gasteiger partial charge in [0.1, 0.15) is 0 Å². The zero-order valence-electron chi connectivity index (χ0n) is 4.21. The van der Waals surface area contributed by atoms with Crippen LogP contribution in [0.4, 0.5) is 0 Å². The van der Waals surface area contributed by atoms with Crippen LogP contribution in [-0.2, 0) is 0 Å². The van der Waals surface area contributed by atoms with Gasteiger partial charge in [-0.2, -0.15) is 0 Å². The molecule has 0 nitrogen and oxygen atoms in total. The van der Waals surface area contributed by atoms with Gasteiger partial charge in [0.15, 0.2) is 0 Å². The molecule has 0 aliphatic rings. The molecule has 0 aromatic rings. The van der Waals surface area contributed by atoms with Gasteiger partial charge < -0.3 is 0 Å². The summed E-state index contributed by atoms with van der Waals surface area (Å²) in [5.74, 6) is 0. The zero-order chi connectivity index (χ0) is 3.58. The van der Waals surface area contributed by atoms with Crippen molar-refractivity contribution in [1.29, 1.82) is 0 Å². The Morgan fingerprint density at radius 3 is 1.40 bits per heavy atom. The van der Waals surface area contributed by atoms with E-state index in [1.165, 1.54) is 5.57 Å². The van der Waals surface area contributed by atoms with Gasteiger partial charge in [0.25, 0.3) is 0 Å². The first-order chi connectivity index (χ1) is 1.73. The van der Waals surface area contributed by atoms with Crippen molar-refractivity contribution >= 4 is 51.4 Å². The topological polar surface area (TPSA) is 0 Å². The van der Waals surface area contributed by atoms with Crippen molar-refractivity contribution in [2.75, 3.05) is 0 Å².